The van der Waals surface area contributed by atoms with Gasteiger partial charge in [-0.2, -0.15) is 0 Å². The third kappa shape index (κ3) is 10.3. The number of ether oxygens (including phenoxy) is 2. The number of nitrogens with zero attached hydrogens (tertiary/aromatic N) is 6. The Kier molecular flexibility index (Phi) is 13.4. The molecule has 0 saturated heterocycles. The number of hydrogen-bond donors (Lipinski definition) is 2. The fourth-order valence-corrected chi connectivity index (χ4v) is 11.3. The molecule has 0 fully saturated rings. The van der Waals surface area contributed by atoms with Crippen molar-refractivity contribution in [1.29, 1.82) is 0 Å². The molecule has 0 saturated carbocycles. The van der Waals surface area contributed by atoms with Crippen LogP contribution in [0.5, 0.6) is 23.0 Å². The summed E-state index contributed by atoms with van der Waals surface area (Å²) in [5, 5.41) is 22.9. The monoisotopic (exact) mass is 966 g/mol. The largest absolute Gasteiger partial charge is 0.507 e. The second-order valence-electron chi connectivity index (χ2n) is 20.5. The quantitative estimate of drug-likeness (QED) is 0.101. The number of aryl methyl sites for hydroxylation is 8. The van der Waals surface area contributed by atoms with Crippen molar-refractivity contribution in [2.45, 2.75) is 122 Å². The van der Waals surface area contributed by atoms with E-state index in [0.717, 1.165) is 92.9 Å². The first-order valence-corrected chi connectivity index (χ1v) is 26.9. The highest BCUT2D eigenvalue weighted by molar-refractivity contribution is 5.73. The Labute approximate surface area is 428 Å². The second kappa shape index (κ2) is 20.9. The van der Waals surface area contributed by atoms with E-state index in [4.69, 9.17) is 39.4 Å². The first-order valence-electron chi connectivity index (χ1n) is 26.9. The van der Waals surface area contributed by atoms with Crippen LogP contribution < -0.4 is 9.47 Å². The smallest absolute Gasteiger partial charge is 0.167 e. The lowest BCUT2D eigenvalue weighted by Gasteiger charge is -2.18. The van der Waals surface area contributed by atoms with Crippen LogP contribution in [0.25, 0.3) is 68.3 Å². The van der Waals surface area contributed by atoms with Gasteiger partial charge >= 0.3 is 0 Å². The van der Waals surface area contributed by atoms with E-state index in [2.05, 4.69) is 72.8 Å². The maximum Gasteiger partial charge on any atom is 0.167 e. The second-order valence-corrected chi connectivity index (χ2v) is 20.5. The van der Waals surface area contributed by atoms with Crippen molar-refractivity contribution in [3.05, 3.63) is 154 Å². The van der Waals surface area contributed by atoms with Crippen LogP contribution in [0.4, 0.5) is 0 Å². The number of fused-ring (bicyclic) bond motifs is 4. The van der Waals surface area contributed by atoms with Gasteiger partial charge in [-0.25, -0.2) is 29.9 Å². The van der Waals surface area contributed by atoms with Crippen molar-refractivity contribution in [2.24, 2.45) is 0 Å². The maximum absolute atomic E-state index is 11.4. The van der Waals surface area contributed by atoms with Crippen molar-refractivity contribution >= 4 is 0 Å². The molecule has 4 aliphatic rings. The number of rotatable bonds is 14. The van der Waals surface area contributed by atoms with Crippen LogP contribution in [0.2, 0.25) is 0 Å². The Morgan fingerprint density at radius 1 is 0.301 bits per heavy atom. The van der Waals surface area contributed by atoms with Crippen LogP contribution in [0.3, 0.4) is 0 Å². The number of unbranched alkanes of at least 4 members (excludes halogenated alkanes) is 2. The molecule has 12 rings (SSSR count). The molecule has 6 aromatic carbocycles. The van der Waals surface area contributed by atoms with Gasteiger partial charge in [-0.05, 0) is 215 Å². The molecule has 10 heteroatoms. The summed E-state index contributed by atoms with van der Waals surface area (Å²) in [5.41, 5.74) is 16.0. The van der Waals surface area contributed by atoms with Crippen LogP contribution in [0, 0.1) is 0 Å². The van der Waals surface area contributed by atoms with E-state index in [-0.39, 0.29) is 11.5 Å². The Balaban J connectivity index is 0.691. The van der Waals surface area contributed by atoms with Crippen molar-refractivity contribution < 1.29 is 19.7 Å². The summed E-state index contributed by atoms with van der Waals surface area (Å²) in [6.45, 7) is 0.968. The first kappa shape index (κ1) is 46.6. The SMILES string of the molecule is Oc1cc(OCCCCCOc2ccc(-c3nc(-c4ccc5c(c4)CCCC5)nc(-c4ccc5c(c4)CCCC5)n3)c(O)c2)ccc1-c1nc(-c2ccc3c(c2)CCCC3)nc(-c2ccc3c(c2)CCCC3)n1. The fourth-order valence-electron chi connectivity index (χ4n) is 11.3. The molecule has 2 N–H and O–H groups in total. The molecule has 2 heterocycles. The van der Waals surface area contributed by atoms with Crippen molar-refractivity contribution in [1.82, 2.24) is 29.9 Å². The van der Waals surface area contributed by atoms with Crippen LogP contribution in [0.15, 0.2) is 109 Å². The Hall–Kier alpha value is -7.46. The highest BCUT2D eigenvalue weighted by Gasteiger charge is 2.22. The molecule has 2 aromatic heterocycles. The zero-order valence-corrected chi connectivity index (χ0v) is 41.6. The molecular weight excluding hydrogens is 905 g/mol. The number of aromatic hydroxyl groups is 2. The number of hydrogen-bond acceptors (Lipinski definition) is 10. The van der Waals surface area contributed by atoms with Gasteiger partial charge in [0.2, 0.25) is 0 Å². The molecule has 0 amide bonds. The Morgan fingerprint density at radius 2 is 0.589 bits per heavy atom. The molecule has 4 aliphatic carbocycles. The molecule has 0 bridgehead atoms. The summed E-state index contributed by atoms with van der Waals surface area (Å²) in [6.07, 6.45) is 20.8. The summed E-state index contributed by atoms with van der Waals surface area (Å²) in [4.78, 5) is 29.9. The lowest BCUT2D eigenvalue weighted by atomic mass is 9.90. The molecule has 73 heavy (non-hydrogen) atoms. The number of benzene rings is 6. The normalized spacial score (nSPS) is 14.9. The van der Waals surface area contributed by atoms with Gasteiger partial charge in [0.25, 0.3) is 0 Å². The number of phenols is 2. The molecule has 8 aromatic rings. The van der Waals surface area contributed by atoms with Crippen LogP contribution in [-0.4, -0.2) is 53.3 Å². The number of aromatic nitrogens is 6. The molecule has 0 aliphatic heterocycles. The summed E-state index contributed by atoms with van der Waals surface area (Å²) in [7, 11) is 0. The van der Waals surface area contributed by atoms with Crippen LogP contribution in [0.1, 0.15) is 115 Å². The van der Waals surface area contributed by atoms with Crippen molar-refractivity contribution in [3.63, 3.8) is 0 Å². The van der Waals surface area contributed by atoms with Gasteiger partial charge in [0.15, 0.2) is 34.9 Å². The van der Waals surface area contributed by atoms with E-state index < -0.39 is 0 Å². The summed E-state index contributed by atoms with van der Waals surface area (Å²) < 4.78 is 12.2. The summed E-state index contributed by atoms with van der Waals surface area (Å²) in [5.74, 6) is 4.54. The maximum atomic E-state index is 11.4. The van der Waals surface area contributed by atoms with E-state index in [1.807, 2.05) is 24.3 Å². The van der Waals surface area contributed by atoms with E-state index in [1.165, 1.54) is 95.9 Å². The van der Waals surface area contributed by atoms with E-state index in [1.54, 1.807) is 12.1 Å². The molecule has 0 radical (unpaired) electrons. The van der Waals surface area contributed by atoms with Crippen LogP contribution >= 0.6 is 0 Å². The van der Waals surface area contributed by atoms with E-state index in [0.29, 0.717) is 70.8 Å². The first-order chi connectivity index (χ1) is 35.9. The number of phenolic OH excluding ortho intramolecular Hbond substituents is 2. The lowest BCUT2D eigenvalue weighted by Crippen LogP contribution is -2.05. The highest BCUT2D eigenvalue weighted by atomic mass is 16.5. The molecule has 0 unspecified atom stereocenters. The topological polar surface area (TPSA) is 136 Å². The van der Waals surface area contributed by atoms with Crippen LogP contribution in [-0.2, 0) is 51.4 Å². The minimum absolute atomic E-state index is 0.0549. The van der Waals surface area contributed by atoms with E-state index in [9.17, 15) is 10.2 Å². The molecule has 10 nitrogen and oxygen atoms in total. The van der Waals surface area contributed by atoms with Gasteiger partial charge in [-0.1, -0.05) is 48.5 Å². The fraction of sp³-hybridized carbons (Fsp3) is 0.333. The van der Waals surface area contributed by atoms with Gasteiger partial charge in [-0.15, -0.1) is 0 Å². The van der Waals surface area contributed by atoms with Crippen molar-refractivity contribution in [3.8, 4) is 91.3 Å². The van der Waals surface area contributed by atoms with Gasteiger partial charge in [0.1, 0.15) is 23.0 Å². The third-order valence-corrected chi connectivity index (χ3v) is 15.4. The zero-order chi connectivity index (χ0) is 49.1. The van der Waals surface area contributed by atoms with Gasteiger partial charge in [0.05, 0.1) is 24.3 Å². The summed E-state index contributed by atoms with van der Waals surface area (Å²) >= 11 is 0. The molecule has 368 valence electrons. The Bertz CT molecular complexity index is 2980. The summed E-state index contributed by atoms with van der Waals surface area (Å²) in [6, 6.07) is 37.1. The Morgan fingerprint density at radius 3 is 0.890 bits per heavy atom. The zero-order valence-electron chi connectivity index (χ0n) is 41.6. The average molecular weight is 967 g/mol. The highest BCUT2D eigenvalue weighted by Crippen LogP contribution is 2.37. The molecular formula is C63H62N6O4. The van der Waals surface area contributed by atoms with E-state index >= 15 is 0 Å². The van der Waals surface area contributed by atoms with Crippen molar-refractivity contribution in [2.75, 3.05) is 13.2 Å². The minimum Gasteiger partial charge on any atom is -0.507 e. The lowest BCUT2D eigenvalue weighted by molar-refractivity contribution is 0.278. The standard InChI is InChI=1S/C63H62N6O4/c70-56-38-52(28-30-54(56)62-66-58(48-24-20-40-12-2-6-16-44(40)34-48)64-59(67-62)49-25-21-41-13-3-7-17-45(41)35-49)72-32-10-1-11-33-73-53-29-31-55(57(71)39-53)63-68-60(50-26-22-42-14-4-8-18-46(42)36-50)65-61(69-63)51-27-23-43-15-5-9-19-47(43)37-51/h20-31,34-39,70-71H,1-19,32-33H2. The average Bonchev–Trinajstić information content (AvgIpc) is 3.44. The minimum atomic E-state index is 0.0549. The molecule has 0 atom stereocenters. The third-order valence-electron chi connectivity index (χ3n) is 15.4. The van der Waals surface area contributed by atoms with Gasteiger partial charge in [0, 0.05) is 34.4 Å². The predicted octanol–water partition coefficient (Wildman–Crippen LogP) is 13.6. The van der Waals surface area contributed by atoms with Gasteiger partial charge < -0.3 is 19.7 Å². The predicted molar refractivity (Wildman–Crippen MR) is 287 cm³/mol. The molecule has 0 spiro atoms. The van der Waals surface area contributed by atoms with Gasteiger partial charge in [-0.3, -0.25) is 0 Å².